The molecule has 0 radical (unpaired) electrons. The number of rotatable bonds is 5. The molecule has 0 atom stereocenters. The highest BCUT2D eigenvalue weighted by molar-refractivity contribution is 6.33. The number of carbonyl (C=O) groups excluding carboxylic acids is 1. The standard InChI is InChI=1S/C20H15ClN4O4/c1-28-17-11-16(25-7-2-3-8-25)15(21)10-14(17)19(26)22-13-6-4-5-12(9-13)18-23-20(27)29-24-18/h2-11H,1H3,(H,22,26)(H,23,24,27). The van der Waals surface area contributed by atoms with Gasteiger partial charge in [-0.2, -0.15) is 0 Å². The number of ether oxygens (including phenoxy) is 1. The highest BCUT2D eigenvalue weighted by Gasteiger charge is 2.17. The molecule has 0 aliphatic heterocycles. The van der Waals surface area contributed by atoms with E-state index in [0.29, 0.717) is 27.7 Å². The first-order valence-corrected chi connectivity index (χ1v) is 8.91. The number of benzene rings is 2. The Morgan fingerprint density at radius 2 is 2.00 bits per heavy atom. The summed E-state index contributed by atoms with van der Waals surface area (Å²) in [4.78, 5) is 26.5. The number of anilines is 1. The Hall–Kier alpha value is -3.78. The fourth-order valence-corrected chi connectivity index (χ4v) is 3.14. The number of hydrogen-bond acceptors (Lipinski definition) is 5. The molecule has 2 heterocycles. The van der Waals surface area contributed by atoms with Gasteiger partial charge >= 0.3 is 5.76 Å². The predicted molar refractivity (Wildman–Crippen MR) is 108 cm³/mol. The summed E-state index contributed by atoms with van der Waals surface area (Å²) >= 11 is 6.40. The highest BCUT2D eigenvalue weighted by Crippen LogP contribution is 2.30. The van der Waals surface area contributed by atoms with E-state index >= 15 is 0 Å². The minimum atomic E-state index is -0.656. The van der Waals surface area contributed by atoms with E-state index in [4.69, 9.17) is 16.3 Å². The van der Waals surface area contributed by atoms with E-state index in [1.165, 1.54) is 7.11 Å². The van der Waals surface area contributed by atoms with Gasteiger partial charge in [0, 0.05) is 29.7 Å². The van der Waals surface area contributed by atoms with Gasteiger partial charge in [0.2, 0.25) is 0 Å². The van der Waals surface area contributed by atoms with Gasteiger partial charge < -0.3 is 14.6 Å². The van der Waals surface area contributed by atoms with Crippen LogP contribution in [-0.4, -0.2) is 27.7 Å². The molecule has 0 bridgehead atoms. The molecule has 29 heavy (non-hydrogen) atoms. The molecule has 0 aliphatic carbocycles. The van der Waals surface area contributed by atoms with Crippen LogP contribution in [0.25, 0.3) is 17.1 Å². The van der Waals surface area contributed by atoms with Crippen LogP contribution in [0, 0.1) is 0 Å². The van der Waals surface area contributed by atoms with Gasteiger partial charge in [-0.3, -0.25) is 14.3 Å². The molecule has 0 aliphatic rings. The van der Waals surface area contributed by atoms with Crippen molar-refractivity contribution in [2.45, 2.75) is 0 Å². The van der Waals surface area contributed by atoms with E-state index in [9.17, 15) is 9.59 Å². The van der Waals surface area contributed by atoms with Gasteiger partial charge in [0.25, 0.3) is 5.91 Å². The van der Waals surface area contributed by atoms with E-state index in [-0.39, 0.29) is 11.4 Å². The van der Waals surface area contributed by atoms with Crippen LogP contribution in [0.2, 0.25) is 5.02 Å². The Bertz CT molecular complexity index is 1230. The van der Waals surface area contributed by atoms with Crippen LogP contribution in [0.15, 0.2) is 70.2 Å². The molecule has 4 aromatic rings. The Labute approximate surface area is 169 Å². The van der Waals surface area contributed by atoms with Gasteiger partial charge in [-0.1, -0.05) is 28.9 Å². The van der Waals surface area contributed by atoms with Crippen LogP contribution in [0.3, 0.4) is 0 Å². The van der Waals surface area contributed by atoms with Crippen molar-refractivity contribution in [1.29, 1.82) is 0 Å². The smallest absolute Gasteiger partial charge is 0.439 e. The normalized spacial score (nSPS) is 10.7. The van der Waals surface area contributed by atoms with Crippen molar-refractivity contribution in [2.75, 3.05) is 12.4 Å². The van der Waals surface area contributed by atoms with E-state index in [0.717, 1.165) is 0 Å². The average molecular weight is 411 g/mol. The summed E-state index contributed by atoms with van der Waals surface area (Å²) in [6.07, 6.45) is 3.69. The first-order chi connectivity index (χ1) is 14.0. The van der Waals surface area contributed by atoms with Crippen molar-refractivity contribution in [3.8, 4) is 22.8 Å². The topological polar surface area (TPSA) is 102 Å². The molecule has 146 valence electrons. The third-order valence-electron chi connectivity index (χ3n) is 4.23. The maximum atomic E-state index is 12.8. The van der Waals surface area contributed by atoms with Crippen LogP contribution >= 0.6 is 11.6 Å². The largest absolute Gasteiger partial charge is 0.496 e. The lowest BCUT2D eigenvalue weighted by molar-refractivity contribution is 0.102. The van der Waals surface area contributed by atoms with Crippen molar-refractivity contribution >= 4 is 23.2 Å². The summed E-state index contributed by atoms with van der Waals surface area (Å²) in [5, 5.41) is 6.84. The minimum Gasteiger partial charge on any atom is -0.496 e. The van der Waals surface area contributed by atoms with E-state index in [1.807, 2.05) is 29.1 Å². The van der Waals surface area contributed by atoms with Crippen molar-refractivity contribution in [1.82, 2.24) is 14.7 Å². The molecule has 0 spiro atoms. The second-order valence-electron chi connectivity index (χ2n) is 6.07. The van der Waals surface area contributed by atoms with E-state index < -0.39 is 11.7 Å². The zero-order chi connectivity index (χ0) is 20.4. The number of hydrogen-bond donors (Lipinski definition) is 2. The van der Waals surface area contributed by atoms with Crippen LogP contribution in [0.5, 0.6) is 5.75 Å². The Morgan fingerprint density at radius 3 is 2.69 bits per heavy atom. The molecule has 0 unspecified atom stereocenters. The Morgan fingerprint density at radius 1 is 1.21 bits per heavy atom. The zero-order valence-electron chi connectivity index (χ0n) is 15.2. The first kappa shape index (κ1) is 18.6. The molecule has 2 N–H and O–H groups in total. The van der Waals surface area contributed by atoms with Gasteiger partial charge in [-0.05, 0) is 30.3 Å². The van der Waals surface area contributed by atoms with Gasteiger partial charge in [0.05, 0.1) is 23.4 Å². The molecular formula is C20H15ClN4O4. The summed E-state index contributed by atoms with van der Waals surface area (Å²) in [7, 11) is 1.49. The Balaban J connectivity index is 1.63. The SMILES string of the molecule is COc1cc(-n2cccc2)c(Cl)cc1C(=O)Nc1cccc(-c2noc(=O)[nH]2)c1. The highest BCUT2D eigenvalue weighted by atomic mass is 35.5. The number of aromatic nitrogens is 3. The third-order valence-corrected chi connectivity index (χ3v) is 4.53. The summed E-state index contributed by atoms with van der Waals surface area (Å²) in [6.45, 7) is 0. The number of H-pyrrole nitrogens is 1. The number of nitrogens with zero attached hydrogens (tertiary/aromatic N) is 2. The first-order valence-electron chi connectivity index (χ1n) is 8.54. The number of nitrogens with one attached hydrogen (secondary N) is 2. The molecule has 0 fully saturated rings. The van der Waals surface area contributed by atoms with Gasteiger partial charge in [-0.15, -0.1) is 0 Å². The van der Waals surface area contributed by atoms with E-state index in [2.05, 4.69) is 20.0 Å². The molecule has 8 nitrogen and oxygen atoms in total. The quantitative estimate of drug-likeness (QED) is 0.522. The third kappa shape index (κ3) is 3.78. The molecule has 2 aromatic heterocycles. The Kier molecular flexibility index (Phi) is 4.92. The molecule has 1 amide bonds. The maximum absolute atomic E-state index is 12.8. The molecule has 2 aromatic carbocycles. The van der Waals surface area contributed by atoms with Gasteiger partial charge in [0.1, 0.15) is 5.75 Å². The van der Waals surface area contributed by atoms with Crippen LogP contribution in [0.1, 0.15) is 10.4 Å². The number of methoxy groups -OCH3 is 1. The summed E-state index contributed by atoms with van der Waals surface area (Å²) < 4.78 is 11.7. The lowest BCUT2D eigenvalue weighted by Crippen LogP contribution is -2.14. The fourth-order valence-electron chi connectivity index (χ4n) is 2.88. The monoisotopic (exact) mass is 410 g/mol. The number of carbonyl (C=O) groups is 1. The summed E-state index contributed by atoms with van der Waals surface area (Å²) in [6, 6.07) is 13.8. The van der Waals surface area contributed by atoms with E-state index in [1.54, 1.807) is 36.4 Å². The molecule has 9 heteroatoms. The molecule has 0 saturated carbocycles. The number of aromatic amines is 1. The molecule has 4 rings (SSSR count). The van der Waals surface area contributed by atoms with Gasteiger partial charge in [-0.25, -0.2) is 4.79 Å². The van der Waals surface area contributed by atoms with Crippen LogP contribution in [-0.2, 0) is 0 Å². The lowest BCUT2D eigenvalue weighted by atomic mass is 10.1. The summed E-state index contributed by atoms with van der Waals surface area (Å²) in [5.41, 5.74) is 2.07. The van der Waals surface area contributed by atoms with Crippen molar-refractivity contribution in [2.24, 2.45) is 0 Å². The van der Waals surface area contributed by atoms with Crippen LogP contribution < -0.4 is 15.8 Å². The zero-order valence-corrected chi connectivity index (χ0v) is 15.9. The van der Waals surface area contributed by atoms with Crippen LogP contribution in [0.4, 0.5) is 5.69 Å². The minimum absolute atomic E-state index is 0.266. The number of halogens is 1. The van der Waals surface area contributed by atoms with Crippen molar-refractivity contribution in [3.05, 3.63) is 82.1 Å². The fraction of sp³-hybridized carbons (Fsp3) is 0.0500. The predicted octanol–water partition coefficient (Wildman–Crippen LogP) is 3.73. The second-order valence-corrected chi connectivity index (χ2v) is 6.48. The van der Waals surface area contributed by atoms with Crippen molar-refractivity contribution < 1.29 is 14.1 Å². The van der Waals surface area contributed by atoms with Gasteiger partial charge in [0.15, 0.2) is 5.82 Å². The maximum Gasteiger partial charge on any atom is 0.439 e. The number of amides is 1. The molecular weight excluding hydrogens is 396 g/mol. The second kappa shape index (κ2) is 7.69. The summed E-state index contributed by atoms with van der Waals surface area (Å²) in [5.74, 6) is -0.402. The lowest BCUT2D eigenvalue weighted by Gasteiger charge is -2.14. The molecule has 0 saturated heterocycles. The average Bonchev–Trinajstić information content (AvgIpc) is 3.40. The van der Waals surface area contributed by atoms with Crippen molar-refractivity contribution in [3.63, 3.8) is 0 Å².